The number of aromatic nitrogens is 1. The van der Waals surface area contributed by atoms with Gasteiger partial charge in [0.1, 0.15) is 5.69 Å². The van der Waals surface area contributed by atoms with Crippen molar-refractivity contribution in [3.63, 3.8) is 0 Å². The van der Waals surface area contributed by atoms with Crippen LogP contribution in [0.15, 0.2) is 23.3 Å². The number of fused-ring (bicyclic) bond motifs is 1. The standard InChI is InChI=1S/C13H17N3O2/c1-2-8-18-12(17)6-5-10-9-15-13-11(16-10)4-3-7-14-13/h3-4,7H,2,5-6,8-9H2,1H3,(H,14,15). The van der Waals surface area contributed by atoms with E-state index in [0.717, 1.165) is 23.6 Å². The van der Waals surface area contributed by atoms with Crippen molar-refractivity contribution in [2.24, 2.45) is 4.99 Å². The topological polar surface area (TPSA) is 63.6 Å². The maximum absolute atomic E-state index is 11.4. The molecule has 0 saturated carbocycles. The number of hydrogen-bond acceptors (Lipinski definition) is 5. The van der Waals surface area contributed by atoms with Gasteiger partial charge in [-0.3, -0.25) is 9.79 Å². The Morgan fingerprint density at radius 1 is 1.56 bits per heavy atom. The maximum atomic E-state index is 11.4. The lowest BCUT2D eigenvalue weighted by Crippen LogP contribution is -2.19. The number of nitrogens with zero attached hydrogens (tertiary/aromatic N) is 2. The summed E-state index contributed by atoms with van der Waals surface area (Å²) in [6.45, 7) is 3.12. The fourth-order valence-electron chi connectivity index (χ4n) is 1.70. The molecule has 0 amide bonds. The maximum Gasteiger partial charge on any atom is 0.306 e. The average Bonchev–Trinajstić information content (AvgIpc) is 2.42. The average molecular weight is 247 g/mol. The second-order valence-corrected chi connectivity index (χ2v) is 4.12. The molecule has 1 aromatic heterocycles. The summed E-state index contributed by atoms with van der Waals surface area (Å²) in [7, 11) is 0. The first-order valence-electron chi connectivity index (χ1n) is 6.20. The van der Waals surface area contributed by atoms with E-state index >= 15 is 0 Å². The molecule has 0 aliphatic carbocycles. The highest BCUT2D eigenvalue weighted by Crippen LogP contribution is 2.25. The van der Waals surface area contributed by atoms with Crippen LogP contribution in [-0.2, 0) is 9.53 Å². The first-order chi connectivity index (χ1) is 8.79. The number of hydrogen-bond donors (Lipinski definition) is 1. The van der Waals surface area contributed by atoms with Gasteiger partial charge in [-0.15, -0.1) is 0 Å². The number of nitrogens with one attached hydrogen (secondary N) is 1. The van der Waals surface area contributed by atoms with Gasteiger partial charge < -0.3 is 10.1 Å². The smallest absolute Gasteiger partial charge is 0.306 e. The van der Waals surface area contributed by atoms with E-state index in [2.05, 4.69) is 15.3 Å². The van der Waals surface area contributed by atoms with Gasteiger partial charge in [0.05, 0.1) is 19.6 Å². The van der Waals surface area contributed by atoms with Crippen LogP contribution < -0.4 is 5.32 Å². The van der Waals surface area contributed by atoms with Crippen LogP contribution in [0.1, 0.15) is 26.2 Å². The summed E-state index contributed by atoms with van der Waals surface area (Å²) in [5, 5.41) is 3.19. The second-order valence-electron chi connectivity index (χ2n) is 4.12. The van der Waals surface area contributed by atoms with Crippen LogP contribution in [0.5, 0.6) is 0 Å². The Kier molecular flexibility index (Phi) is 4.28. The largest absolute Gasteiger partial charge is 0.466 e. The van der Waals surface area contributed by atoms with Crippen molar-refractivity contribution in [1.82, 2.24) is 4.98 Å². The van der Waals surface area contributed by atoms with Crippen molar-refractivity contribution in [2.75, 3.05) is 18.5 Å². The monoisotopic (exact) mass is 247 g/mol. The minimum Gasteiger partial charge on any atom is -0.466 e. The third-order valence-electron chi connectivity index (χ3n) is 2.61. The van der Waals surface area contributed by atoms with Gasteiger partial charge in [0.25, 0.3) is 0 Å². The van der Waals surface area contributed by atoms with E-state index < -0.39 is 0 Å². The van der Waals surface area contributed by atoms with Crippen LogP contribution in [0.3, 0.4) is 0 Å². The molecular weight excluding hydrogens is 230 g/mol. The fourth-order valence-corrected chi connectivity index (χ4v) is 1.70. The van der Waals surface area contributed by atoms with Crippen molar-refractivity contribution in [2.45, 2.75) is 26.2 Å². The Hall–Kier alpha value is -1.91. The molecule has 96 valence electrons. The Morgan fingerprint density at radius 3 is 3.28 bits per heavy atom. The summed E-state index contributed by atoms with van der Waals surface area (Å²) < 4.78 is 5.03. The van der Waals surface area contributed by atoms with Crippen LogP contribution in [0.2, 0.25) is 0 Å². The van der Waals surface area contributed by atoms with Crippen LogP contribution in [0.4, 0.5) is 11.5 Å². The number of pyridine rings is 1. The van der Waals surface area contributed by atoms with Gasteiger partial charge >= 0.3 is 5.97 Å². The van der Waals surface area contributed by atoms with Gasteiger partial charge in [-0.2, -0.15) is 0 Å². The zero-order valence-electron chi connectivity index (χ0n) is 10.5. The number of esters is 1. The van der Waals surface area contributed by atoms with Gasteiger partial charge in [-0.25, -0.2) is 4.98 Å². The summed E-state index contributed by atoms with van der Waals surface area (Å²) >= 11 is 0. The number of anilines is 1. The van der Waals surface area contributed by atoms with Crippen molar-refractivity contribution in [3.8, 4) is 0 Å². The minimum absolute atomic E-state index is 0.156. The van der Waals surface area contributed by atoms with Crippen molar-refractivity contribution in [1.29, 1.82) is 0 Å². The molecule has 2 heterocycles. The predicted molar refractivity (Wildman–Crippen MR) is 70.3 cm³/mol. The van der Waals surface area contributed by atoms with Crippen LogP contribution >= 0.6 is 0 Å². The molecule has 18 heavy (non-hydrogen) atoms. The van der Waals surface area contributed by atoms with E-state index in [1.165, 1.54) is 0 Å². The lowest BCUT2D eigenvalue weighted by Gasteiger charge is -2.16. The van der Waals surface area contributed by atoms with Crippen LogP contribution in [0, 0.1) is 0 Å². The first-order valence-corrected chi connectivity index (χ1v) is 6.20. The van der Waals surface area contributed by atoms with Gasteiger partial charge in [0.15, 0.2) is 5.82 Å². The molecule has 5 nitrogen and oxygen atoms in total. The third kappa shape index (κ3) is 3.29. The summed E-state index contributed by atoms with van der Waals surface area (Å²) in [5.41, 5.74) is 1.80. The van der Waals surface area contributed by atoms with Crippen LogP contribution in [0.25, 0.3) is 0 Å². The highest BCUT2D eigenvalue weighted by atomic mass is 16.5. The molecule has 0 spiro atoms. The summed E-state index contributed by atoms with van der Waals surface area (Å²) in [4.78, 5) is 20.0. The molecule has 0 saturated heterocycles. The molecule has 0 fully saturated rings. The molecular formula is C13H17N3O2. The zero-order chi connectivity index (χ0) is 12.8. The SMILES string of the molecule is CCCOC(=O)CCC1=Nc2cccnc2NC1. The summed E-state index contributed by atoms with van der Waals surface area (Å²) in [6, 6.07) is 3.76. The van der Waals surface area contributed by atoms with E-state index in [9.17, 15) is 4.79 Å². The summed E-state index contributed by atoms with van der Waals surface area (Å²) in [6.07, 6.45) is 3.60. The number of carbonyl (C=O) groups is 1. The molecule has 0 atom stereocenters. The molecule has 1 aliphatic rings. The van der Waals surface area contributed by atoms with Gasteiger partial charge in [0, 0.05) is 11.9 Å². The Balaban J connectivity index is 1.88. The summed E-state index contributed by atoms with van der Waals surface area (Å²) in [5.74, 6) is 0.645. The van der Waals surface area contributed by atoms with Gasteiger partial charge in [-0.05, 0) is 25.0 Å². The second kappa shape index (κ2) is 6.14. The third-order valence-corrected chi connectivity index (χ3v) is 2.61. The molecule has 0 unspecified atom stereocenters. The molecule has 5 heteroatoms. The first kappa shape index (κ1) is 12.5. The van der Waals surface area contributed by atoms with E-state index in [1.807, 2.05) is 19.1 Å². The Morgan fingerprint density at radius 2 is 2.44 bits per heavy atom. The Bertz CT molecular complexity index is 457. The molecule has 0 bridgehead atoms. The van der Waals surface area contributed by atoms with E-state index in [1.54, 1.807) is 6.20 Å². The van der Waals surface area contributed by atoms with Gasteiger partial charge in [0.2, 0.25) is 0 Å². The van der Waals surface area contributed by atoms with Crippen molar-refractivity contribution in [3.05, 3.63) is 18.3 Å². The number of ether oxygens (including phenoxy) is 1. The highest BCUT2D eigenvalue weighted by molar-refractivity contribution is 5.95. The van der Waals surface area contributed by atoms with Gasteiger partial charge in [-0.1, -0.05) is 6.92 Å². The van der Waals surface area contributed by atoms with E-state index in [4.69, 9.17) is 4.74 Å². The van der Waals surface area contributed by atoms with Crippen LogP contribution in [-0.4, -0.2) is 29.8 Å². The Labute approximate surface area is 106 Å². The molecule has 2 rings (SSSR count). The van der Waals surface area contributed by atoms with Crippen molar-refractivity contribution < 1.29 is 9.53 Å². The molecule has 1 aromatic rings. The molecule has 1 aliphatic heterocycles. The normalized spacial score (nSPS) is 13.3. The zero-order valence-corrected chi connectivity index (χ0v) is 10.5. The molecule has 0 radical (unpaired) electrons. The van der Waals surface area contributed by atoms with Crippen molar-refractivity contribution >= 4 is 23.2 Å². The predicted octanol–water partition coefficient (Wildman–Crippen LogP) is 2.31. The number of rotatable bonds is 5. The molecule has 0 aromatic carbocycles. The lowest BCUT2D eigenvalue weighted by molar-refractivity contribution is -0.143. The molecule has 1 N–H and O–H groups in total. The minimum atomic E-state index is -0.156. The van der Waals surface area contributed by atoms with E-state index in [0.29, 0.717) is 26.0 Å². The number of carbonyl (C=O) groups excluding carboxylic acids is 1. The number of aliphatic imine (C=N–C) groups is 1. The lowest BCUT2D eigenvalue weighted by atomic mass is 10.2. The highest BCUT2D eigenvalue weighted by Gasteiger charge is 2.13. The van der Waals surface area contributed by atoms with E-state index in [-0.39, 0.29) is 5.97 Å². The fraction of sp³-hybridized carbons (Fsp3) is 0.462. The quantitative estimate of drug-likeness (QED) is 0.811.